The molecule has 1 aliphatic heterocycles. The van der Waals surface area contributed by atoms with Crippen LogP contribution >= 0.6 is 9.47 Å². The second-order valence-corrected chi connectivity index (χ2v) is 7.66. The van der Waals surface area contributed by atoms with Gasteiger partial charge in [0.05, 0.1) is 26.9 Å². The van der Waals surface area contributed by atoms with E-state index in [0.717, 1.165) is 43.8 Å². The van der Waals surface area contributed by atoms with Crippen molar-refractivity contribution < 1.29 is 22.4 Å². The van der Waals surface area contributed by atoms with Crippen LogP contribution in [0.15, 0.2) is 41.6 Å². The highest BCUT2D eigenvalue weighted by molar-refractivity contribution is 7.10. The highest BCUT2D eigenvalue weighted by Crippen LogP contribution is 2.44. The van der Waals surface area contributed by atoms with Crippen LogP contribution in [0.2, 0.25) is 0 Å². The molecule has 1 aromatic carbocycles. The Morgan fingerprint density at radius 2 is 1.87 bits per heavy atom. The van der Waals surface area contributed by atoms with E-state index in [2.05, 4.69) is 19.9 Å². The summed E-state index contributed by atoms with van der Waals surface area (Å²) in [7, 11) is 1.98. The second kappa shape index (κ2) is 8.20. The van der Waals surface area contributed by atoms with Crippen LogP contribution < -0.4 is 14.2 Å². The first-order valence-corrected chi connectivity index (χ1v) is 9.87. The Morgan fingerprint density at radius 3 is 2.43 bits per heavy atom. The van der Waals surface area contributed by atoms with Crippen LogP contribution in [0.4, 0.5) is 24.7 Å². The van der Waals surface area contributed by atoms with E-state index in [1.165, 1.54) is 6.07 Å². The summed E-state index contributed by atoms with van der Waals surface area (Å²) in [6.45, 7) is 1.50. The lowest BCUT2D eigenvalue weighted by Crippen LogP contribution is -2.47. The zero-order valence-electron chi connectivity index (χ0n) is 15.8. The van der Waals surface area contributed by atoms with Gasteiger partial charge in [-0.1, -0.05) is 0 Å². The zero-order chi connectivity index (χ0) is 21.3. The highest BCUT2D eigenvalue weighted by Gasteiger charge is 2.44. The van der Waals surface area contributed by atoms with Crippen molar-refractivity contribution in [2.75, 3.05) is 18.0 Å². The van der Waals surface area contributed by atoms with Gasteiger partial charge in [0.15, 0.2) is 11.5 Å². The summed E-state index contributed by atoms with van der Waals surface area (Å²) in [5.41, 5.74) is 8.65. The van der Waals surface area contributed by atoms with E-state index in [4.69, 9.17) is 14.8 Å². The molecule has 0 radical (unpaired) electrons. The molecule has 1 unspecified atom stereocenters. The molecule has 1 aromatic heterocycles. The Balaban J connectivity index is 1.49. The van der Waals surface area contributed by atoms with Gasteiger partial charge in [-0.25, -0.2) is 0 Å². The molecule has 1 saturated heterocycles. The minimum Gasteiger partial charge on any atom is -0.486 e. The van der Waals surface area contributed by atoms with E-state index in [1.807, 2.05) is 15.5 Å². The molecule has 1 saturated carbocycles. The van der Waals surface area contributed by atoms with Crippen LogP contribution in [-0.2, 0) is 6.18 Å². The fourth-order valence-corrected chi connectivity index (χ4v) is 4.45. The predicted octanol–water partition coefficient (Wildman–Crippen LogP) is 5.50. The molecule has 0 amide bonds. The summed E-state index contributed by atoms with van der Waals surface area (Å²) in [4.78, 5) is 9.09. The van der Waals surface area contributed by atoms with Crippen LogP contribution in [0, 0.1) is 11.8 Å². The number of aromatic nitrogens is 1. The van der Waals surface area contributed by atoms with Gasteiger partial charge in [-0.2, -0.15) is 13.2 Å². The SMILES string of the molecule is [N-]=[N+]=Nc1ccc(N2C[C@H]3CC[C@@H](C2)[C@@H]3Oc2ccc(C(F)(F)F)cc2OP)cn1. The van der Waals surface area contributed by atoms with Gasteiger partial charge in [0.25, 0.3) is 0 Å². The van der Waals surface area contributed by atoms with Crippen molar-refractivity contribution in [3.63, 3.8) is 0 Å². The Bertz CT molecular complexity index is 952. The molecule has 4 rings (SSSR count). The average Bonchev–Trinajstić information content (AvgIpc) is 2.95. The van der Waals surface area contributed by atoms with Gasteiger partial charge in [-0.05, 0) is 53.8 Å². The third-order valence-corrected chi connectivity index (χ3v) is 5.91. The normalized spacial score (nSPS) is 23.1. The number of hydrogen-bond donors (Lipinski definition) is 0. The van der Waals surface area contributed by atoms with Gasteiger partial charge < -0.3 is 14.2 Å². The van der Waals surface area contributed by atoms with Gasteiger partial charge in [0.2, 0.25) is 0 Å². The third kappa shape index (κ3) is 4.11. The number of pyridine rings is 1. The molecule has 158 valence electrons. The van der Waals surface area contributed by atoms with Crippen molar-refractivity contribution in [3.8, 4) is 11.5 Å². The lowest BCUT2D eigenvalue weighted by molar-refractivity contribution is -0.137. The van der Waals surface area contributed by atoms with Crippen molar-refractivity contribution >= 4 is 21.0 Å². The number of benzene rings is 1. The largest absolute Gasteiger partial charge is 0.486 e. The molecule has 1 aliphatic carbocycles. The number of fused-ring (bicyclic) bond motifs is 2. The number of piperidine rings is 1. The van der Waals surface area contributed by atoms with Gasteiger partial charge in [-0.3, -0.25) is 4.98 Å². The van der Waals surface area contributed by atoms with Gasteiger partial charge in [-0.15, -0.1) is 0 Å². The number of halogens is 3. The number of anilines is 1. The lowest BCUT2D eigenvalue weighted by atomic mass is 9.94. The van der Waals surface area contributed by atoms with Crippen molar-refractivity contribution in [1.29, 1.82) is 0 Å². The maximum Gasteiger partial charge on any atom is 0.416 e. The summed E-state index contributed by atoms with van der Waals surface area (Å²) in [5.74, 6) is 1.15. The number of rotatable bonds is 5. The summed E-state index contributed by atoms with van der Waals surface area (Å²) in [6.07, 6.45) is -0.891. The van der Waals surface area contributed by atoms with E-state index in [-0.39, 0.29) is 23.7 Å². The van der Waals surface area contributed by atoms with E-state index < -0.39 is 11.7 Å². The fourth-order valence-electron chi connectivity index (χ4n) is 4.27. The molecular formula is C19H19F3N5O2P. The number of ether oxygens (including phenoxy) is 1. The highest BCUT2D eigenvalue weighted by atomic mass is 31.0. The molecule has 0 N–H and O–H groups in total. The standard InChI is InChI=1S/C19H19F3N5O2P/c20-19(21,22)13-3-5-15(16(7-13)29-30)28-18-11-1-2-12(18)10-27(9-11)14-4-6-17(24-8-14)25-26-23/h3-8,11-12,18H,1-2,9-10,30H2/t11-,12+,18-. The van der Waals surface area contributed by atoms with Crippen LogP contribution in [0.25, 0.3) is 10.4 Å². The number of azide groups is 1. The molecule has 4 atom stereocenters. The topological polar surface area (TPSA) is 83.4 Å². The molecule has 2 heterocycles. The van der Waals surface area contributed by atoms with Gasteiger partial charge >= 0.3 is 6.18 Å². The molecule has 11 heteroatoms. The first-order chi connectivity index (χ1) is 14.4. The summed E-state index contributed by atoms with van der Waals surface area (Å²) in [6, 6.07) is 6.83. The number of nitrogens with zero attached hydrogens (tertiary/aromatic N) is 5. The van der Waals surface area contributed by atoms with Crippen molar-refractivity contribution in [2.45, 2.75) is 25.1 Å². The zero-order valence-corrected chi connectivity index (χ0v) is 16.9. The molecule has 2 fully saturated rings. The maximum absolute atomic E-state index is 13.0. The number of hydrogen-bond acceptors (Lipinski definition) is 5. The third-order valence-electron chi connectivity index (χ3n) is 5.65. The molecule has 2 aromatic rings. The minimum atomic E-state index is -4.44. The predicted molar refractivity (Wildman–Crippen MR) is 108 cm³/mol. The molecule has 2 aliphatic rings. The fraction of sp³-hybridized carbons (Fsp3) is 0.421. The lowest BCUT2D eigenvalue weighted by Gasteiger charge is -2.39. The van der Waals surface area contributed by atoms with Crippen LogP contribution in [0.5, 0.6) is 11.5 Å². The molecule has 7 nitrogen and oxygen atoms in total. The molecular weight excluding hydrogens is 418 g/mol. The van der Waals surface area contributed by atoms with Crippen LogP contribution in [-0.4, -0.2) is 24.2 Å². The minimum absolute atomic E-state index is 0.0505. The van der Waals surface area contributed by atoms with Crippen molar-refractivity contribution in [3.05, 3.63) is 52.5 Å². The molecule has 2 bridgehead atoms. The first kappa shape index (κ1) is 20.6. The quantitative estimate of drug-likeness (QED) is 0.267. The monoisotopic (exact) mass is 437 g/mol. The van der Waals surface area contributed by atoms with Crippen molar-refractivity contribution in [1.82, 2.24) is 4.98 Å². The first-order valence-electron chi connectivity index (χ1n) is 9.40. The second-order valence-electron chi connectivity index (χ2n) is 7.43. The Morgan fingerprint density at radius 1 is 1.13 bits per heavy atom. The van der Waals surface area contributed by atoms with E-state index >= 15 is 0 Å². The Labute approximate surface area is 173 Å². The maximum atomic E-state index is 13.0. The van der Waals surface area contributed by atoms with Gasteiger partial charge in [0.1, 0.15) is 11.9 Å². The van der Waals surface area contributed by atoms with Crippen molar-refractivity contribution in [2.24, 2.45) is 17.0 Å². The average molecular weight is 437 g/mol. The molecule has 0 spiro atoms. The van der Waals surface area contributed by atoms with E-state index in [0.29, 0.717) is 11.6 Å². The van der Waals surface area contributed by atoms with Gasteiger partial charge in [0, 0.05) is 29.8 Å². The number of alkyl halides is 3. The Hall–Kier alpha value is -2.70. The van der Waals surface area contributed by atoms with E-state index in [1.54, 1.807) is 12.3 Å². The van der Waals surface area contributed by atoms with Crippen LogP contribution in [0.3, 0.4) is 0 Å². The molecule has 30 heavy (non-hydrogen) atoms. The Kier molecular flexibility index (Phi) is 5.62. The summed E-state index contributed by atoms with van der Waals surface area (Å²) < 4.78 is 50.1. The smallest absolute Gasteiger partial charge is 0.416 e. The summed E-state index contributed by atoms with van der Waals surface area (Å²) >= 11 is 0. The van der Waals surface area contributed by atoms with Crippen LogP contribution in [0.1, 0.15) is 18.4 Å². The summed E-state index contributed by atoms with van der Waals surface area (Å²) in [5, 5.41) is 3.48. The van der Waals surface area contributed by atoms with E-state index in [9.17, 15) is 13.2 Å².